The third kappa shape index (κ3) is 4.04. The van der Waals surface area contributed by atoms with Crippen molar-refractivity contribution in [1.82, 2.24) is 9.21 Å². The van der Waals surface area contributed by atoms with Gasteiger partial charge in [-0.2, -0.15) is 4.31 Å². The first-order chi connectivity index (χ1) is 9.80. The predicted molar refractivity (Wildman–Crippen MR) is 84.7 cm³/mol. The third-order valence-electron chi connectivity index (χ3n) is 3.20. The van der Waals surface area contributed by atoms with Crippen molar-refractivity contribution in [3.8, 4) is 0 Å². The second-order valence-corrected chi connectivity index (χ2v) is 8.33. The number of benzene rings is 1. The van der Waals surface area contributed by atoms with Crippen LogP contribution in [0.25, 0.3) is 0 Å². The summed E-state index contributed by atoms with van der Waals surface area (Å²) in [5.74, 6) is -0.902. The monoisotopic (exact) mass is 440 g/mol. The van der Waals surface area contributed by atoms with Crippen molar-refractivity contribution in [2.75, 3.05) is 32.7 Å². The van der Waals surface area contributed by atoms with Crippen molar-refractivity contribution < 1.29 is 18.3 Å². The SMILES string of the molecule is O=C(O)CN1CCN(S(=O)(=O)c2cc(Br)ccc2Br)CC1. The molecule has 1 aromatic carbocycles. The van der Waals surface area contributed by atoms with Gasteiger partial charge < -0.3 is 5.11 Å². The molecule has 0 bridgehead atoms. The van der Waals surface area contributed by atoms with Gasteiger partial charge in [-0.1, -0.05) is 15.9 Å². The van der Waals surface area contributed by atoms with E-state index in [1.807, 2.05) is 0 Å². The average molecular weight is 442 g/mol. The summed E-state index contributed by atoms with van der Waals surface area (Å²) >= 11 is 6.53. The Morgan fingerprint density at radius 1 is 1.19 bits per heavy atom. The van der Waals surface area contributed by atoms with Gasteiger partial charge in [0.05, 0.1) is 11.4 Å². The second kappa shape index (κ2) is 6.74. The lowest BCUT2D eigenvalue weighted by Crippen LogP contribution is -2.49. The normalized spacial score (nSPS) is 17.8. The van der Waals surface area contributed by atoms with Crippen LogP contribution in [0.4, 0.5) is 0 Å². The topological polar surface area (TPSA) is 77.9 Å². The highest BCUT2D eigenvalue weighted by atomic mass is 79.9. The van der Waals surface area contributed by atoms with Crippen LogP contribution in [0.5, 0.6) is 0 Å². The maximum atomic E-state index is 12.6. The number of piperazine rings is 1. The molecule has 1 aliphatic heterocycles. The Kier molecular flexibility index (Phi) is 5.42. The van der Waals surface area contributed by atoms with Gasteiger partial charge in [0.15, 0.2) is 0 Å². The van der Waals surface area contributed by atoms with Crippen LogP contribution in [-0.2, 0) is 14.8 Å². The Bertz CT molecular complexity index is 643. The van der Waals surface area contributed by atoms with Gasteiger partial charge in [0.1, 0.15) is 0 Å². The lowest BCUT2D eigenvalue weighted by Gasteiger charge is -2.33. The quantitative estimate of drug-likeness (QED) is 0.767. The maximum absolute atomic E-state index is 12.6. The molecular weight excluding hydrogens is 428 g/mol. The van der Waals surface area contributed by atoms with Crippen molar-refractivity contribution in [3.63, 3.8) is 0 Å². The van der Waals surface area contributed by atoms with Crippen molar-refractivity contribution in [1.29, 1.82) is 0 Å². The average Bonchev–Trinajstić information content (AvgIpc) is 2.41. The van der Waals surface area contributed by atoms with Gasteiger partial charge in [-0.3, -0.25) is 9.69 Å². The standard InChI is InChI=1S/C12H14Br2N2O4S/c13-9-1-2-10(14)11(7-9)21(19,20)16-5-3-15(4-6-16)8-12(17)18/h1-2,7H,3-6,8H2,(H,17,18). The molecule has 0 aromatic heterocycles. The Hall–Kier alpha value is -0.480. The molecule has 1 fully saturated rings. The van der Waals surface area contributed by atoms with E-state index in [0.717, 1.165) is 0 Å². The minimum absolute atomic E-state index is 0.0610. The maximum Gasteiger partial charge on any atom is 0.317 e. The number of carboxylic acid groups (broad SMARTS) is 1. The number of rotatable bonds is 4. The molecule has 0 spiro atoms. The van der Waals surface area contributed by atoms with Gasteiger partial charge in [0, 0.05) is 35.1 Å². The first-order valence-corrected chi connectivity index (χ1v) is 9.22. The number of halogens is 2. The first kappa shape index (κ1) is 16.9. The summed E-state index contributed by atoms with van der Waals surface area (Å²) in [7, 11) is -3.58. The number of nitrogens with zero attached hydrogens (tertiary/aromatic N) is 2. The predicted octanol–water partition coefficient (Wildman–Crippen LogP) is 1.60. The van der Waals surface area contributed by atoms with Gasteiger partial charge in [-0.25, -0.2) is 8.42 Å². The van der Waals surface area contributed by atoms with E-state index in [1.54, 1.807) is 23.1 Å². The van der Waals surface area contributed by atoms with Gasteiger partial charge in [0.25, 0.3) is 0 Å². The Balaban J connectivity index is 2.15. The lowest BCUT2D eigenvalue weighted by molar-refractivity contribution is -0.138. The van der Waals surface area contributed by atoms with Crippen LogP contribution in [0.15, 0.2) is 32.0 Å². The molecule has 9 heteroatoms. The molecule has 2 rings (SSSR count). The number of hydrogen-bond donors (Lipinski definition) is 1. The molecule has 0 aliphatic carbocycles. The molecular formula is C12H14Br2N2O4S. The Labute approximate surface area is 140 Å². The van der Waals surface area contributed by atoms with E-state index in [2.05, 4.69) is 31.9 Å². The summed E-state index contributed by atoms with van der Waals surface area (Å²) in [5, 5.41) is 8.75. The number of hydrogen-bond acceptors (Lipinski definition) is 4. The van der Waals surface area contributed by atoms with E-state index in [4.69, 9.17) is 5.11 Å². The first-order valence-electron chi connectivity index (χ1n) is 6.20. The smallest absolute Gasteiger partial charge is 0.317 e. The van der Waals surface area contributed by atoms with Gasteiger partial charge in [-0.05, 0) is 34.1 Å². The molecule has 1 N–H and O–H groups in total. The number of carbonyl (C=O) groups is 1. The number of carboxylic acids is 1. The van der Waals surface area contributed by atoms with Gasteiger partial charge >= 0.3 is 5.97 Å². The van der Waals surface area contributed by atoms with E-state index in [0.29, 0.717) is 22.0 Å². The zero-order valence-corrected chi connectivity index (χ0v) is 15.0. The molecule has 1 aromatic rings. The molecule has 116 valence electrons. The van der Waals surface area contributed by atoms with Crippen molar-refractivity contribution in [2.45, 2.75) is 4.90 Å². The number of sulfonamides is 1. The summed E-state index contributed by atoms with van der Waals surface area (Å²) < 4.78 is 27.8. The number of aliphatic carboxylic acids is 1. The molecule has 1 heterocycles. The summed E-state index contributed by atoms with van der Waals surface area (Å²) in [6.45, 7) is 1.34. The van der Waals surface area contributed by atoms with Gasteiger partial charge in [0.2, 0.25) is 10.0 Å². The van der Waals surface area contributed by atoms with Crippen LogP contribution < -0.4 is 0 Å². The highest BCUT2D eigenvalue weighted by molar-refractivity contribution is 9.11. The minimum atomic E-state index is -3.58. The van der Waals surface area contributed by atoms with Crippen LogP contribution in [0.3, 0.4) is 0 Å². The largest absolute Gasteiger partial charge is 0.480 e. The molecule has 0 amide bonds. The van der Waals surface area contributed by atoms with Crippen molar-refractivity contribution in [3.05, 3.63) is 27.1 Å². The Morgan fingerprint density at radius 2 is 1.81 bits per heavy atom. The zero-order chi connectivity index (χ0) is 15.6. The summed E-state index contributed by atoms with van der Waals surface area (Å²) in [4.78, 5) is 12.6. The summed E-state index contributed by atoms with van der Waals surface area (Å²) in [5.41, 5.74) is 0. The molecule has 0 radical (unpaired) electrons. The van der Waals surface area contributed by atoms with Crippen LogP contribution in [0, 0.1) is 0 Å². The van der Waals surface area contributed by atoms with Crippen LogP contribution in [0.1, 0.15) is 0 Å². The van der Waals surface area contributed by atoms with E-state index >= 15 is 0 Å². The fourth-order valence-electron chi connectivity index (χ4n) is 2.13. The van der Waals surface area contributed by atoms with Gasteiger partial charge in [-0.15, -0.1) is 0 Å². The van der Waals surface area contributed by atoms with Crippen molar-refractivity contribution >= 4 is 47.9 Å². The molecule has 1 aliphatic rings. The van der Waals surface area contributed by atoms with E-state index in [9.17, 15) is 13.2 Å². The second-order valence-electron chi connectivity index (χ2n) is 4.65. The molecule has 1 saturated heterocycles. The molecule has 0 saturated carbocycles. The molecule has 21 heavy (non-hydrogen) atoms. The van der Waals surface area contributed by atoms with Crippen LogP contribution in [-0.4, -0.2) is 61.4 Å². The van der Waals surface area contributed by atoms with Crippen LogP contribution in [0.2, 0.25) is 0 Å². The molecule has 6 nitrogen and oxygen atoms in total. The van der Waals surface area contributed by atoms with E-state index < -0.39 is 16.0 Å². The summed E-state index contributed by atoms with van der Waals surface area (Å²) in [6.07, 6.45) is 0. The highest BCUT2D eigenvalue weighted by Crippen LogP contribution is 2.28. The Morgan fingerprint density at radius 3 is 2.38 bits per heavy atom. The molecule has 0 atom stereocenters. The third-order valence-corrected chi connectivity index (χ3v) is 6.59. The van der Waals surface area contributed by atoms with E-state index in [1.165, 1.54) is 4.31 Å². The lowest BCUT2D eigenvalue weighted by atomic mass is 10.3. The van der Waals surface area contributed by atoms with E-state index in [-0.39, 0.29) is 24.5 Å². The van der Waals surface area contributed by atoms with Crippen molar-refractivity contribution in [2.24, 2.45) is 0 Å². The highest BCUT2D eigenvalue weighted by Gasteiger charge is 2.30. The fourth-order valence-corrected chi connectivity index (χ4v) is 5.02. The summed E-state index contributed by atoms with van der Waals surface area (Å²) in [6, 6.07) is 4.99. The fraction of sp³-hybridized carbons (Fsp3) is 0.417. The molecule has 0 unspecified atom stereocenters. The minimum Gasteiger partial charge on any atom is -0.480 e. The zero-order valence-electron chi connectivity index (χ0n) is 11.0. The van der Waals surface area contributed by atoms with Crippen LogP contribution >= 0.6 is 31.9 Å².